The monoisotopic (exact) mass is 1040 g/mol. The number of methoxy groups -OCH3 is 1. The molecular formula is C53H62ClN14O5P. The fraction of sp³-hybridized carbons (Fsp3) is 0.434. The van der Waals surface area contributed by atoms with Gasteiger partial charge in [-0.1, -0.05) is 11.6 Å². The second-order valence-electron chi connectivity index (χ2n) is 20.9. The summed E-state index contributed by atoms with van der Waals surface area (Å²) in [6, 6.07) is 13.2. The number of imide groups is 1. The summed E-state index contributed by atoms with van der Waals surface area (Å²) >= 11 is 6.69. The first-order valence-electron chi connectivity index (χ1n) is 25.5. The van der Waals surface area contributed by atoms with Gasteiger partial charge < -0.3 is 34.6 Å². The van der Waals surface area contributed by atoms with Gasteiger partial charge >= 0.3 is 5.69 Å². The number of amides is 2. The molecule has 0 radical (unpaired) electrons. The average molecular weight is 1040 g/mol. The Kier molecular flexibility index (Phi) is 13.2. The van der Waals surface area contributed by atoms with E-state index in [1.165, 1.54) is 19.0 Å². The number of aromatic nitrogens is 8. The smallest absolute Gasteiger partial charge is 0.329 e. The van der Waals surface area contributed by atoms with E-state index in [-0.39, 0.29) is 23.0 Å². The molecule has 4 aliphatic heterocycles. The zero-order valence-electron chi connectivity index (χ0n) is 42.5. The first-order chi connectivity index (χ1) is 35.6. The van der Waals surface area contributed by atoms with Gasteiger partial charge in [0.05, 0.1) is 52.7 Å². The van der Waals surface area contributed by atoms with Gasteiger partial charge in [0.25, 0.3) is 0 Å². The van der Waals surface area contributed by atoms with Crippen molar-refractivity contribution < 1.29 is 18.9 Å². The number of nitrogens with zero attached hydrogens (tertiary/aromatic N) is 11. The molecule has 2 amide bonds. The number of ether oxygens (including phenoxy) is 1. The van der Waals surface area contributed by atoms with Gasteiger partial charge in [-0.3, -0.25) is 38.7 Å². The average Bonchev–Trinajstić information content (AvgIpc) is 3.94. The lowest BCUT2D eigenvalue weighted by atomic mass is 9.71. The van der Waals surface area contributed by atoms with Gasteiger partial charge in [0.1, 0.15) is 29.5 Å². The van der Waals surface area contributed by atoms with Crippen molar-refractivity contribution in [2.75, 3.05) is 86.7 Å². The number of benzene rings is 3. The van der Waals surface area contributed by atoms with E-state index in [1.54, 1.807) is 49.0 Å². The Hall–Kier alpha value is -6.82. The molecule has 3 aromatic carbocycles. The summed E-state index contributed by atoms with van der Waals surface area (Å²) in [5.41, 5.74) is 8.21. The Morgan fingerprint density at radius 1 is 0.838 bits per heavy atom. The molecule has 74 heavy (non-hydrogen) atoms. The number of hydrogen-bond acceptors (Lipinski definition) is 15. The van der Waals surface area contributed by atoms with Gasteiger partial charge in [0.15, 0.2) is 5.82 Å². The van der Waals surface area contributed by atoms with E-state index in [0.717, 1.165) is 99.5 Å². The van der Waals surface area contributed by atoms with Crippen molar-refractivity contribution >= 4 is 92.4 Å². The maximum atomic E-state index is 13.6. The van der Waals surface area contributed by atoms with Crippen LogP contribution in [-0.2, 0) is 28.2 Å². The number of likely N-dealkylation sites (tertiary alicyclic amines) is 1. The molecule has 0 bridgehead atoms. The number of carbonyl (C=O) groups is 2. The maximum Gasteiger partial charge on any atom is 0.329 e. The van der Waals surface area contributed by atoms with Crippen molar-refractivity contribution in [1.29, 1.82) is 0 Å². The van der Waals surface area contributed by atoms with Gasteiger partial charge in [-0.05, 0) is 119 Å². The summed E-state index contributed by atoms with van der Waals surface area (Å²) in [5, 5.41) is 14.5. The third-order valence-electron chi connectivity index (χ3n) is 15.9. The molecular weight excluding hydrogens is 979 g/mol. The maximum absolute atomic E-state index is 13.6. The van der Waals surface area contributed by atoms with Crippen molar-refractivity contribution in [3.63, 3.8) is 0 Å². The van der Waals surface area contributed by atoms with Crippen LogP contribution in [0.3, 0.4) is 0 Å². The van der Waals surface area contributed by atoms with Crippen LogP contribution in [0.15, 0.2) is 78.2 Å². The molecule has 7 aromatic rings. The Morgan fingerprint density at radius 2 is 1.59 bits per heavy atom. The van der Waals surface area contributed by atoms with Crippen LogP contribution in [0.5, 0.6) is 5.75 Å². The van der Waals surface area contributed by atoms with Crippen LogP contribution in [0.1, 0.15) is 57.4 Å². The number of imidazole rings is 1. The normalized spacial score (nSPS) is 18.9. The highest BCUT2D eigenvalue weighted by Crippen LogP contribution is 2.47. The molecule has 1 atom stereocenters. The van der Waals surface area contributed by atoms with E-state index in [1.807, 2.05) is 42.3 Å². The number of carbonyl (C=O) groups excluding carboxylic acids is 2. The molecule has 1 spiro atoms. The third-order valence-corrected chi connectivity index (χ3v) is 17.7. The van der Waals surface area contributed by atoms with Crippen molar-refractivity contribution in [2.45, 2.75) is 57.4 Å². The van der Waals surface area contributed by atoms with Gasteiger partial charge in [-0.15, -0.1) is 0 Å². The van der Waals surface area contributed by atoms with Crippen molar-refractivity contribution in [3.8, 4) is 16.9 Å². The van der Waals surface area contributed by atoms with Gasteiger partial charge in [-0.2, -0.15) is 10.1 Å². The Morgan fingerprint density at radius 3 is 2.31 bits per heavy atom. The third kappa shape index (κ3) is 9.61. The molecule has 1 unspecified atom stereocenters. The van der Waals surface area contributed by atoms with E-state index >= 15 is 0 Å². The number of piperidine rings is 4. The Bertz CT molecular complexity index is 3420. The van der Waals surface area contributed by atoms with E-state index in [0.29, 0.717) is 68.5 Å². The quantitative estimate of drug-likeness (QED) is 0.0804. The van der Waals surface area contributed by atoms with E-state index in [2.05, 4.69) is 75.0 Å². The lowest BCUT2D eigenvalue weighted by Crippen LogP contribution is -2.48. The highest BCUT2D eigenvalue weighted by atomic mass is 35.5. The largest absolute Gasteiger partial charge is 0.494 e. The number of nitrogens with one attached hydrogen (secondary N) is 3. The molecule has 11 rings (SSSR count). The van der Waals surface area contributed by atoms with E-state index in [4.69, 9.17) is 21.3 Å². The SMILES string of the molecule is COc1cc(N2CCC3(CCN(CC4CCN(c5ccc6c(c5)n(C)c(=O)n6C5CCC(=O)NC5=O)CC4)CC3)CC2)c(-c2cnn(C)c2)cc1Nc1ncc(Cl)c(Nc2ccc3nccnc3c2P(C)(C)=O)n1. The summed E-state index contributed by atoms with van der Waals surface area (Å²) in [4.78, 5) is 63.7. The van der Waals surface area contributed by atoms with Crippen molar-refractivity contribution in [1.82, 2.24) is 49.1 Å². The predicted molar refractivity (Wildman–Crippen MR) is 291 cm³/mol. The fourth-order valence-corrected chi connectivity index (χ4v) is 13.3. The Labute approximate surface area is 434 Å². The second kappa shape index (κ2) is 19.8. The molecule has 3 N–H and O–H groups in total. The van der Waals surface area contributed by atoms with Gasteiger partial charge in [0.2, 0.25) is 17.8 Å². The highest BCUT2D eigenvalue weighted by molar-refractivity contribution is 7.71. The molecule has 4 saturated heterocycles. The lowest BCUT2D eigenvalue weighted by molar-refractivity contribution is -0.135. The zero-order valence-corrected chi connectivity index (χ0v) is 44.1. The minimum absolute atomic E-state index is 0.218. The first-order valence-corrected chi connectivity index (χ1v) is 28.5. The Balaban J connectivity index is 0.728. The molecule has 0 aliphatic carbocycles. The first kappa shape index (κ1) is 49.4. The molecule has 0 saturated carbocycles. The number of hydrogen-bond donors (Lipinski definition) is 3. The van der Waals surface area contributed by atoms with Crippen LogP contribution in [0.25, 0.3) is 33.2 Å². The molecule has 8 heterocycles. The minimum Gasteiger partial charge on any atom is -0.494 e. The molecule has 4 aliphatic rings. The van der Waals surface area contributed by atoms with E-state index < -0.39 is 19.1 Å². The zero-order chi connectivity index (χ0) is 51.5. The molecule has 21 heteroatoms. The number of rotatable bonds is 12. The number of anilines is 6. The number of aryl methyl sites for hydroxylation is 2. The summed E-state index contributed by atoms with van der Waals surface area (Å²) in [6.45, 7) is 10.5. The van der Waals surface area contributed by atoms with Crippen molar-refractivity contribution in [2.24, 2.45) is 25.4 Å². The number of fused-ring (bicyclic) bond motifs is 2. The minimum atomic E-state index is -2.83. The van der Waals surface area contributed by atoms with Gasteiger partial charge in [-0.25, -0.2) is 9.78 Å². The fourth-order valence-electron chi connectivity index (χ4n) is 11.8. The topological polar surface area (TPSA) is 203 Å². The molecule has 19 nitrogen and oxygen atoms in total. The predicted octanol–water partition coefficient (Wildman–Crippen LogP) is 7.45. The van der Waals surface area contributed by atoms with E-state index in [9.17, 15) is 18.9 Å². The molecule has 4 aromatic heterocycles. The van der Waals surface area contributed by atoms with Crippen LogP contribution in [0.4, 0.5) is 34.5 Å². The van der Waals surface area contributed by atoms with Crippen LogP contribution in [0.2, 0.25) is 5.02 Å². The molecule has 4 fully saturated rings. The van der Waals surface area contributed by atoms with Crippen LogP contribution < -0.4 is 41.5 Å². The summed E-state index contributed by atoms with van der Waals surface area (Å²) < 4.78 is 24.7. The number of halogens is 1. The summed E-state index contributed by atoms with van der Waals surface area (Å²) in [5.74, 6) is 1.19. The molecule has 386 valence electrons. The van der Waals surface area contributed by atoms with Crippen LogP contribution in [0, 0.1) is 11.3 Å². The highest BCUT2D eigenvalue weighted by Gasteiger charge is 2.39. The summed E-state index contributed by atoms with van der Waals surface area (Å²) in [6.07, 6.45) is 16.0. The standard InChI is InChI=1S/C53H62ClN14O5P/c1-63-32-34(29-58-63)36-27-40(60-51-57-30-37(54)49(62-51)59-39-8-7-38-47(56-19-18-55-38)48(39)74(4,5)72)45(73-3)28-43(36)67-24-16-53(17-25-67)14-22-65(23-15-53)31-33-12-20-66(21-13-33)35-6-9-41-44(26-35)64(2)52(71)68(41)42-10-11-46(69)61-50(42)70/h6-9,18-19,26-30,32-33,42H,10-17,20-25,31H2,1-5H3,(H,61,69,70)(H2,57,59,60,62). The van der Waals surface area contributed by atoms with Crippen LogP contribution in [-0.4, -0.2) is 122 Å². The summed E-state index contributed by atoms with van der Waals surface area (Å²) in [7, 11) is 2.51. The second-order valence-corrected chi connectivity index (χ2v) is 24.5. The van der Waals surface area contributed by atoms with Crippen LogP contribution >= 0.6 is 18.7 Å². The lowest BCUT2D eigenvalue weighted by Gasteiger charge is -2.48. The van der Waals surface area contributed by atoms with Gasteiger partial charge in [0, 0.05) is 100 Å². The van der Waals surface area contributed by atoms with Crippen molar-refractivity contribution in [3.05, 3.63) is 89.0 Å².